The lowest BCUT2D eigenvalue weighted by molar-refractivity contribution is 0.251. The number of guanidine groups is 1. The van der Waals surface area contributed by atoms with Crippen molar-refractivity contribution in [2.75, 3.05) is 39.8 Å². The normalized spacial score (nSPS) is 15.8. The summed E-state index contributed by atoms with van der Waals surface area (Å²) < 4.78 is 7.66. The van der Waals surface area contributed by atoms with Gasteiger partial charge in [0.05, 0.1) is 19.7 Å². The van der Waals surface area contributed by atoms with Gasteiger partial charge in [-0.05, 0) is 70.3 Å². The molecule has 1 aromatic heterocycles. The molecule has 0 radical (unpaired) electrons. The molecule has 2 N–H and O–H groups in total. The summed E-state index contributed by atoms with van der Waals surface area (Å²) in [5, 5.41) is 6.90. The molecule has 1 unspecified atom stereocenters. The van der Waals surface area contributed by atoms with E-state index in [1.807, 2.05) is 25.4 Å². The smallest absolute Gasteiger partial charge is 0.191 e. The summed E-state index contributed by atoms with van der Waals surface area (Å²) in [6, 6.07) is 8.70. The Bertz CT molecular complexity index is 812. The molecule has 0 saturated carbocycles. The Hall–Kier alpha value is -2.54. The quantitative estimate of drug-likeness (QED) is 0.328. The van der Waals surface area contributed by atoms with Gasteiger partial charge >= 0.3 is 0 Å². The fourth-order valence-corrected chi connectivity index (χ4v) is 4.11. The van der Waals surface area contributed by atoms with Gasteiger partial charge in [-0.25, -0.2) is 4.98 Å². The average Bonchev–Trinajstić information content (AvgIpc) is 3.46. The Kier molecular flexibility index (Phi) is 9.21. The predicted octanol–water partition coefficient (Wildman–Crippen LogP) is 3.37. The monoisotopic (exact) mass is 426 g/mol. The van der Waals surface area contributed by atoms with Crippen LogP contribution in [0, 0.1) is 6.92 Å². The first-order valence-electron chi connectivity index (χ1n) is 11.6. The molecule has 1 atom stereocenters. The van der Waals surface area contributed by atoms with Crippen molar-refractivity contribution in [3.8, 4) is 5.75 Å². The summed E-state index contributed by atoms with van der Waals surface area (Å²) in [5.41, 5.74) is 1.27. The number of hydrogen-bond acceptors (Lipinski definition) is 4. The van der Waals surface area contributed by atoms with Gasteiger partial charge in [0, 0.05) is 32.0 Å². The minimum Gasteiger partial charge on any atom is -0.497 e. The zero-order valence-corrected chi connectivity index (χ0v) is 19.3. The van der Waals surface area contributed by atoms with Gasteiger partial charge in [-0.1, -0.05) is 12.1 Å². The molecule has 0 amide bonds. The third-order valence-corrected chi connectivity index (χ3v) is 5.87. The third-order valence-electron chi connectivity index (χ3n) is 5.87. The van der Waals surface area contributed by atoms with Crippen LogP contribution in [0.15, 0.2) is 41.7 Å². The standard InChI is InChI=1S/C24H38N6O/c1-4-25-24(27-12-5-6-14-29-17-13-26-20(29)2)28-19-23(30-15-7-8-16-30)21-10-9-11-22(18-21)31-3/h9-11,13,17-18,23H,4-8,12,14-16,19H2,1-3H3,(H2,25,27,28). The van der Waals surface area contributed by atoms with E-state index < -0.39 is 0 Å². The van der Waals surface area contributed by atoms with Crippen LogP contribution in [0.5, 0.6) is 5.75 Å². The highest BCUT2D eigenvalue weighted by atomic mass is 16.5. The second-order valence-corrected chi connectivity index (χ2v) is 8.06. The van der Waals surface area contributed by atoms with E-state index in [1.54, 1.807) is 7.11 Å². The van der Waals surface area contributed by atoms with Crippen LogP contribution in [0.4, 0.5) is 0 Å². The summed E-state index contributed by atoms with van der Waals surface area (Å²) in [6.45, 7) is 9.93. The van der Waals surface area contributed by atoms with E-state index in [1.165, 1.54) is 18.4 Å². The van der Waals surface area contributed by atoms with Gasteiger partial charge in [-0.2, -0.15) is 0 Å². The summed E-state index contributed by atoms with van der Waals surface area (Å²) in [5.74, 6) is 2.88. The lowest BCUT2D eigenvalue weighted by Gasteiger charge is -2.27. The number of ether oxygens (including phenoxy) is 1. The molecule has 31 heavy (non-hydrogen) atoms. The summed E-state index contributed by atoms with van der Waals surface area (Å²) in [6.07, 6.45) is 8.64. The van der Waals surface area contributed by atoms with Crippen molar-refractivity contribution >= 4 is 5.96 Å². The number of rotatable bonds is 11. The predicted molar refractivity (Wildman–Crippen MR) is 127 cm³/mol. The van der Waals surface area contributed by atoms with E-state index in [4.69, 9.17) is 9.73 Å². The number of aliphatic imine (C=N–C) groups is 1. The zero-order chi connectivity index (χ0) is 21.9. The van der Waals surface area contributed by atoms with Gasteiger partial charge in [-0.15, -0.1) is 0 Å². The summed E-state index contributed by atoms with van der Waals surface area (Å²) >= 11 is 0. The van der Waals surface area contributed by atoms with Crippen molar-refractivity contribution < 1.29 is 4.74 Å². The van der Waals surface area contributed by atoms with Crippen LogP contribution in [0.25, 0.3) is 0 Å². The third kappa shape index (κ3) is 6.99. The largest absolute Gasteiger partial charge is 0.497 e. The maximum Gasteiger partial charge on any atom is 0.191 e. The number of nitrogens with one attached hydrogen (secondary N) is 2. The van der Waals surface area contributed by atoms with Crippen molar-refractivity contribution in [3.05, 3.63) is 48.0 Å². The molecule has 1 fully saturated rings. The Morgan fingerprint density at radius 1 is 1.23 bits per heavy atom. The second kappa shape index (κ2) is 12.3. The maximum absolute atomic E-state index is 5.46. The molecule has 7 nitrogen and oxygen atoms in total. The van der Waals surface area contributed by atoms with Crippen LogP contribution in [0.1, 0.15) is 50.0 Å². The highest BCUT2D eigenvalue weighted by molar-refractivity contribution is 5.79. The highest BCUT2D eigenvalue weighted by Crippen LogP contribution is 2.27. The summed E-state index contributed by atoms with van der Waals surface area (Å²) in [4.78, 5) is 11.8. The Morgan fingerprint density at radius 3 is 2.77 bits per heavy atom. The second-order valence-electron chi connectivity index (χ2n) is 8.06. The van der Waals surface area contributed by atoms with Crippen molar-refractivity contribution in [2.45, 2.75) is 52.1 Å². The van der Waals surface area contributed by atoms with Gasteiger partial charge in [0.25, 0.3) is 0 Å². The minimum absolute atomic E-state index is 0.275. The van der Waals surface area contributed by atoms with Crippen LogP contribution in [-0.4, -0.2) is 60.2 Å². The number of hydrogen-bond donors (Lipinski definition) is 2. The van der Waals surface area contributed by atoms with Gasteiger partial charge in [0.1, 0.15) is 11.6 Å². The molecule has 1 saturated heterocycles. The van der Waals surface area contributed by atoms with E-state index in [0.29, 0.717) is 0 Å². The van der Waals surface area contributed by atoms with Gasteiger partial charge in [-0.3, -0.25) is 9.89 Å². The average molecular weight is 427 g/mol. The molecule has 1 aromatic carbocycles. The van der Waals surface area contributed by atoms with E-state index in [-0.39, 0.29) is 6.04 Å². The van der Waals surface area contributed by atoms with E-state index in [0.717, 1.165) is 69.6 Å². The van der Waals surface area contributed by atoms with E-state index >= 15 is 0 Å². The van der Waals surface area contributed by atoms with Gasteiger partial charge in [0.2, 0.25) is 0 Å². The van der Waals surface area contributed by atoms with Gasteiger partial charge < -0.3 is 19.9 Å². The van der Waals surface area contributed by atoms with Crippen LogP contribution in [0.3, 0.4) is 0 Å². The first-order valence-corrected chi connectivity index (χ1v) is 11.6. The van der Waals surface area contributed by atoms with E-state index in [9.17, 15) is 0 Å². The van der Waals surface area contributed by atoms with Crippen molar-refractivity contribution in [1.29, 1.82) is 0 Å². The molecule has 2 aromatic rings. The molecule has 1 aliphatic rings. The lowest BCUT2D eigenvalue weighted by atomic mass is 10.1. The number of aromatic nitrogens is 2. The number of likely N-dealkylation sites (tertiary alicyclic amines) is 1. The first-order chi connectivity index (χ1) is 15.2. The molecular formula is C24H38N6O. The van der Waals surface area contributed by atoms with Crippen LogP contribution < -0.4 is 15.4 Å². The molecule has 1 aliphatic heterocycles. The maximum atomic E-state index is 5.46. The molecule has 0 spiro atoms. The first kappa shape index (κ1) is 23.1. The molecule has 2 heterocycles. The van der Waals surface area contributed by atoms with Crippen molar-refractivity contribution in [1.82, 2.24) is 25.1 Å². The fraction of sp³-hybridized carbons (Fsp3) is 0.583. The lowest BCUT2D eigenvalue weighted by Crippen LogP contribution is -2.39. The molecule has 7 heteroatoms. The minimum atomic E-state index is 0.275. The fourth-order valence-electron chi connectivity index (χ4n) is 4.11. The molecule has 0 bridgehead atoms. The number of unbranched alkanes of at least 4 members (excludes halogenated alkanes) is 1. The van der Waals surface area contributed by atoms with Crippen molar-refractivity contribution in [2.24, 2.45) is 4.99 Å². The number of methoxy groups -OCH3 is 1. The van der Waals surface area contributed by atoms with Crippen LogP contribution in [0.2, 0.25) is 0 Å². The summed E-state index contributed by atoms with van der Waals surface area (Å²) in [7, 11) is 1.73. The Morgan fingerprint density at radius 2 is 2.06 bits per heavy atom. The van der Waals surface area contributed by atoms with Crippen LogP contribution in [-0.2, 0) is 6.54 Å². The van der Waals surface area contributed by atoms with E-state index in [2.05, 4.69) is 50.2 Å². The van der Waals surface area contributed by atoms with Crippen molar-refractivity contribution in [3.63, 3.8) is 0 Å². The van der Waals surface area contributed by atoms with Crippen LogP contribution >= 0.6 is 0 Å². The SMILES string of the molecule is CCNC(=NCC(c1cccc(OC)c1)N1CCCC1)NCCCCn1ccnc1C. The van der Waals surface area contributed by atoms with Gasteiger partial charge in [0.15, 0.2) is 5.96 Å². The number of imidazole rings is 1. The molecule has 3 rings (SSSR count). The molecule has 170 valence electrons. The zero-order valence-electron chi connectivity index (χ0n) is 19.3. The Balaban J connectivity index is 1.56. The number of aryl methyl sites for hydroxylation is 2. The highest BCUT2D eigenvalue weighted by Gasteiger charge is 2.23. The topological polar surface area (TPSA) is 66.7 Å². The molecular weight excluding hydrogens is 388 g/mol. The Labute approximate surface area is 186 Å². The molecule has 0 aliphatic carbocycles. The number of nitrogens with zero attached hydrogens (tertiary/aromatic N) is 4. The number of benzene rings is 1.